The third-order valence-electron chi connectivity index (χ3n) is 4.30. The van der Waals surface area contributed by atoms with Gasteiger partial charge in [-0.05, 0) is 38.0 Å². The van der Waals surface area contributed by atoms with E-state index in [1.165, 1.54) is 19.1 Å². The molecule has 1 N–H and O–H groups in total. The van der Waals surface area contributed by atoms with E-state index in [-0.39, 0.29) is 21.7 Å². The summed E-state index contributed by atoms with van der Waals surface area (Å²) in [4.78, 5) is 0.0389. The van der Waals surface area contributed by atoms with Crippen LogP contribution in [0.1, 0.15) is 20.3 Å². The normalized spacial score (nSPS) is 20.9. The molecular formula is C20H24F3NO2SSi. The van der Waals surface area contributed by atoms with Crippen molar-refractivity contribution in [2.75, 3.05) is 0 Å². The van der Waals surface area contributed by atoms with Crippen molar-refractivity contribution in [2.24, 2.45) is 5.41 Å². The van der Waals surface area contributed by atoms with Crippen LogP contribution in [0.25, 0.3) is 0 Å². The Labute approximate surface area is 165 Å². The van der Waals surface area contributed by atoms with E-state index in [0.717, 1.165) is 13.0 Å². The quantitative estimate of drug-likeness (QED) is 0.544. The van der Waals surface area contributed by atoms with Crippen molar-refractivity contribution in [3.8, 4) is 11.5 Å². The second kappa shape index (κ2) is 7.45. The predicted octanol–water partition coefficient (Wildman–Crippen LogP) is 5.02. The van der Waals surface area contributed by atoms with Crippen LogP contribution in [-0.4, -0.2) is 22.7 Å². The number of sulfonamides is 1. The van der Waals surface area contributed by atoms with E-state index in [9.17, 15) is 21.6 Å². The van der Waals surface area contributed by atoms with Crippen molar-refractivity contribution in [1.29, 1.82) is 0 Å². The second-order valence-corrected chi connectivity index (χ2v) is 14.6. The number of hydrogen-bond acceptors (Lipinski definition) is 2. The highest BCUT2D eigenvalue weighted by atomic mass is 32.2. The number of halogens is 3. The van der Waals surface area contributed by atoms with Gasteiger partial charge in [0.05, 0.1) is 16.0 Å². The summed E-state index contributed by atoms with van der Waals surface area (Å²) in [6.07, 6.45) is -3.79. The van der Waals surface area contributed by atoms with E-state index >= 15 is 0 Å². The third kappa shape index (κ3) is 5.09. The molecule has 0 bridgehead atoms. The summed E-state index contributed by atoms with van der Waals surface area (Å²) in [5, 5.41) is 0. The molecule has 8 heteroatoms. The smallest absolute Gasteiger partial charge is 0.278 e. The molecule has 152 valence electrons. The fraction of sp³-hybridized carbons (Fsp3) is 0.400. The van der Waals surface area contributed by atoms with Gasteiger partial charge in [0.2, 0.25) is 0 Å². The summed E-state index contributed by atoms with van der Waals surface area (Å²) in [6, 6.07) is 7.71. The Morgan fingerprint density at radius 2 is 1.71 bits per heavy atom. The molecule has 1 aliphatic carbocycles. The molecular weight excluding hydrogens is 403 g/mol. The molecule has 2 rings (SSSR count). The van der Waals surface area contributed by atoms with Gasteiger partial charge in [-0.15, -0.1) is 5.54 Å². The van der Waals surface area contributed by atoms with Crippen molar-refractivity contribution >= 4 is 18.1 Å². The molecule has 0 saturated carbocycles. The van der Waals surface area contributed by atoms with Crippen LogP contribution in [0.15, 0.2) is 58.1 Å². The highest BCUT2D eigenvalue weighted by Gasteiger charge is 2.51. The first-order valence-electron chi connectivity index (χ1n) is 8.75. The van der Waals surface area contributed by atoms with Crippen LogP contribution in [0.5, 0.6) is 0 Å². The maximum Gasteiger partial charge on any atom is 0.397 e. The van der Waals surface area contributed by atoms with Crippen LogP contribution in [-0.2, 0) is 10.0 Å². The summed E-state index contributed by atoms with van der Waals surface area (Å²) >= 11 is 0. The average Bonchev–Trinajstić information content (AvgIpc) is 2.55. The van der Waals surface area contributed by atoms with E-state index in [4.69, 9.17) is 0 Å². The van der Waals surface area contributed by atoms with Gasteiger partial charge in [-0.2, -0.15) is 13.2 Å². The minimum absolute atomic E-state index is 0.0389. The van der Waals surface area contributed by atoms with Gasteiger partial charge < -0.3 is 0 Å². The molecule has 0 radical (unpaired) electrons. The predicted molar refractivity (Wildman–Crippen MR) is 107 cm³/mol. The summed E-state index contributed by atoms with van der Waals surface area (Å²) in [7, 11) is -5.82. The fourth-order valence-electron chi connectivity index (χ4n) is 2.78. The zero-order valence-corrected chi connectivity index (χ0v) is 18.3. The molecule has 1 unspecified atom stereocenters. The Balaban J connectivity index is 2.58. The first kappa shape index (κ1) is 22.3. The zero-order chi connectivity index (χ0) is 21.4. The first-order chi connectivity index (χ1) is 12.6. The van der Waals surface area contributed by atoms with E-state index < -0.39 is 36.1 Å². The number of nitrogens with one attached hydrogen (secondary N) is 1. The molecule has 0 amide bonds. The standard InChI is InChI=1S/C20H24F3NO2SSi/c1-15-13-19(2,20(21,22)23)14-16(11-12-28(3,4)5)18(15)24-27(25,26)17-9-7-6-8-10-17/h6-10,13,24H,14H2,1-5H3. The third-order valence-corrected chi connectivity index (χ3v) is 6.54. The van der Waals surface area contributed by atoms with E-state index in [2.05, 4.69) is 16.2 Å². The molecule has 0 fully saturated rings. The summed E-state index contributed by atoms with van der Waals surface area (Å²) in [5.74, 6) is 2.87. The van der Waals surface area contributed by atoms with Gasteiger partial charge in [-0.25, -0.2) is 8.42 Å². The van der Waals surface area contributed by atoms with Crippen LogP contribution in [0, 0.1) is 16.9 Å². The summed E-state index contributed by atoms with van der Waals surface area (Å²) in [5.41, 5.74) is 1.48. The lowest BCUT2D eigenvalue weighted by Crippen LogP contribution is -2.38. The first-order valence-corrected chi connectivity index (χ1v) is 13.7. The maximum atomic E-state index is 13.6. The minimum atomic E-state index is -4.47. The fourth-order valence-corrected chi connectivity index (χ4v) is 4.49. The second-order valence-electron chi connectivity index (χ2n) is 8.19. The molecule has 0 heterocycles. The molecule has 28 heavy (non-hydrogen) atoms. The van der Waals surface area contributed by atoms with E-state index in [1.807, 2.05) is 19.6 Å². The minimum Gasteiger partial charge on any atom is -0.278 e. The highest BCUT2D eigenvalue weighted by Crippen LogP contribution is 2.48. The van der Waals surface area contributed by atoms with Crippen molar-refractivity contribution in [3.05, 3.63) is 53.3 Å². The van der Waals surface area contributed by atoms with Gasteiger partial charge >= 0.3 is 6.18 Å². The molecule has 1 atom stereocenters. The van der Waals surface area contributed by atoms with Crippen LogP contribution < -0.4 is 4.72 Å². The molecule has 0 saturated heterocycles. The SMILES string of the molecule is CC1=CC(C)(C(F)(F)F)CC(C#C[Si](C)(C)C)=C1NS(=O)(=O)c1ccccc1. The summed E-state index contributed by atoms with van der Waals surface area (Å²) < 4.78 is 68.8. The Hall–Kier alpha value is -1.98. The lowest BCUT2D eigenvalue weighted by Gasteiger charge is -2.34. The van der Waals surface area contributed by atoms with Gasteiger partial charge in [-0.3, -0.25) is 4.72 Å². The molecule has 0 aromatic heterocycles. The van der Waals surface area contributed by atoms with E-state index in [0.29, 0.717) is 0 Å². The van der Waals surface area contributed by atoms with Gasteiger partial charge in [0.1, 0.15) is 8.07 Å². The van der Waals surface area contributed by atoms with Crippen LogP contribution in [0.3, 0.4) is 0 Å². The number of alkyl halides is 3. The Bertz CT molecular complexity index is 978. The number of benzene rings is 1. The molecule has 1 aromatic carbocycles. The van der Waals surface area contributed by atoms with Gasteiger partial charge in [0.15, 0.2) is 0 Å². The Kier molecular flexibility index (Phi) is 5.93. The van der Waals surface area contributed by atoms with Gasteiger partial charge in [0.25, 0.3) is 10.0 Å². The topological polar surface area (TPSA) is 46.2 Å². The Morgan fingerprint density at radius 1 is 1.14 bits per heavy atom. The van der Waals surface area contributed by atoms with Crippen LogP contribution >= 0.6 is 0 Å². The van der Waals surface area contributed by atoms with E-state index in [1.54, 1.807) is 18.2 Å². The number of hydrogen-bond donors (Lipinski definition) is 1. The van der Waals surface area contributed by atoms with Gasteiger partial charge in [0, 0.05) is 5.57 Å². The summed E-state index contributed by atoms with van der Waals surface area (Å²) in [6.45, 7) is 8.51. The lowest BCUT2D eigenvalue weighted by molar-refractivity contribution is -0.199. The Morgan fingerprint density at radius 3 is 2.21 bits per heavy atom. The van der Waals surface area contributed by atoms with Crippen molar-refractivity contribution in [3.63, 3.8) is 0 Å². The lowest BCUT2D eigenvalue weighted by atomic mass is 9.76. The van der Waals surface area contributed by atoms with Crippen LogP contribution in [0.2, 0.25) is 19.6 Å². The van der Waals surface area contributed by atoms with Crippen molar-refractivity contribution < 1.29 is 21.6 Å². The molecule has 0 aliphatic heterocycles. The average molecular weight is 428 g/mol. The largest absolute Gasteiger partial charge is 0.397 e. The maximum absolute atomic E-state index is 13.6. The van der Waals surface area contributed by atoms with Crippen molar-refractivity contribution in [2.45, 2.75) is 51.0 Å². The number of allylic oxidation sites excluding steroid dienone is 3. The van der Waals surface area contributed by atoms with Crippen molar-refractivity contribution in [1.82, 2.24) is 4.72 Å². The molecule has 1 aromatic rings. The van der Waals surface area contributed by atoms with Gasteiger partial charge in [-0.1, -0.05) is 49.8 Å². The molecule has 0 spiro atoms. The molecule has 3 nitrogen and oxygen atoms in total. The monoisotopic (exact) mass is 427 g/mol. The highest BCUT2D eigenvalue weighted by molar-refractivity contribution is 7.89. The van der Waals surface area contributed by atoms with Crippen LogP contribution in [0.4, 0.5) is 13.2 Å². The zero-order valence-electron chi connectivity index (χ0n) is 16.5. The molecule has 1 aliphatic rings. The number of rotatable bonds is 3.